The Labute approximate surface area is 176 Å². The Morgan fingerprint density at radius 2 is 2.00 bits per heavy atom. The first-order chi connectivity index (χ1) is 14.2. The summed E-state index contributed by atoms with van der Waals surface area (Å²) in [5, 5.41) is 6.06. The molecule has 152 valence electrons. The number of rotatable bonds is 10. The number of hydrogen-bond acceptors (Lipinski definition) is 5. The Bertz CT molecular complexity index is 911. The van der Waals surface area contributed by atoms with Crippen LogP contribution in [0.15, 0.2) is 54.2 Å². The Hall–Kier alpha value is -2.73. The highest BCUT2D eigenvalue weighted by molar-refractivity contribution is 7.09. The fraction of sp³-hybridized carbons (Fsp3) is 0.348. The molecule has 1 atom stereocenters. The number of nitrogens with one attached hydrogen (secondary N) is 1. The maximum absolute atomic E-state index is 12.1. The summed E-state index contributed by atoms with van der Waals surface area (Å²) in [6, 6.07) is 11.9. The summed E-state index contributed by atoms with van der Waals surface area (Å²) >= 11 is 1.65. The predicted molar refractivity (Wildman–Crippen MR) is 117 cm³/mol. The first-order valence-corrected chi connectivity index (χ1v) is 10.9. The second-order valence-electron chi connectivity index (χ2n) is 6.95. The van der Waals surface area contributed by atoms with E-state index in [1.54, 1.807) is 23.7 Å². The number of carbonyl (C=O) groups excluding carboxylic acids is 1. The van der Waals surface area contributed by atoms with E-state index in [2.05, 4.69) is 40.6 Å². The molecule has 1 unspecified atom stereocenters. The predicted octanol–water partition coefficient (Wildman–Crippen LogP) is 4.85. The third-order valence-electron chi connectivity index (χ3n) is 4.84. The number of pyridine rings is 1. The van der Waals surface area contributed by atoms with E-state index < -0.39 is 0 Å². The van der Waals surface area contributed by atoms with Gasteiger partial charge >= 0.3 is 0 Å². The monoisotopic (exact) mass is 409 g/mol. The lowest BCUT2D eigenvalue weighted by molar-refractivity contribution is -0.123. The van der Waals surface area contributed by atoms with Gasteiger partial charge in [0, 0.05) is 36.3 Å². The molecule has 0 saturated carbocycles. The Morgan fingerprint density at radius 1 is 1.21 bits per heavy atom. The van der Waals surface area contributed by atoms with Gasteiger partial charge in [0.1, 0.15) is 5.75 Å². The largest absolute Gasteiger partial charge is 0.483 e. The average molecular weight is 410 g/mol. The maximum Gasteiger partial charge on any atom is 0.257 e. The molecule has 2 aromatic heterocycles. The molecule has 1 amide bonds. The van der Waals surface area contributed by atoms with Crippen molar-refractivity contribution in [2.24, 2.45) is 0 Å². The third-order valence-corrected chi connectivity index (χ3v) is 5.75. The van der Waals surface area contributed by atoms with Gasteiger partial charge in [-0.25, -0.2) is 4.98 Å². The van der Waals surface area contributed by atoms with Gasteiger partial charge in [0.15, 0.2) is 6.61 Å². The number of aromatic nitrogens is 2. The summed E-state index contributed by atoms with van der Waals surface area (Å²) in [6.07, 6.45) is 6.26. The topological polar surface area (TPSA) is 64.1 Å². The van der Waals surface area contributed by atoms with E-state index in [9.17, 15) is 4.79 Å². The van der Waals surface area contributed by atoms with Crippen molar-refractivity contribution in [3.05, 3.63) is 64.7 Å². The number of benzene rings is 1. The van der Waals surface area contributed by atoms with Crippen LogP contribution < -0.4 is 10.1 Å². The first-order valence-electron chi connectivity index (χ1n) is 10.0. The Balaban J connectivity index is 1.39. The van der Waals surface area contributed by atoms with Crippen LogP contribution in [0.4, 0.5) is 0 Å². The quantitative estimate of drug-likeness (QED) is 0.486. The van der Waals surface area contributed by atoms with Crippen molar-refractivity contribution >= 4 is 17.2 Å². The highest BCUT2D eigenvalue weighted by Gasteiger charge is 2.11. The van der Waals surface area contributed by atoms with E-state index in [0.29, 0.717) is 12.5 Å². The summed E-state index contributed by atoms with van der Waals surface area (Å²) in [5.74, 6) is 1.11. The summed E-state index contributed by atoms with van der Waals surface area (Å²) < 4.78 is 5.76. The molecule has 0 radical (unpaired) electrons. The molecule has 0 saturated heterocycles. The zero-order valence-corrected chi connectivity index (χ0v) is 17.7. The second kappa shape index (κ2) is 10.7. The summed E-state index contributed by atoms with van der Waals surface area (Å²) in [4.78, 5) is 20.8. The highest BCUT2D eigenvalue weighted by Crippen LogP contribution is 2.28. The van der Waals surface area contributed by atoms with Gasteiger partial charge in [0.05, 0.1) is 10.7 Å². The molecule has 0 aliphatic rings. The van der Waals surface area contributed by atoms with Gasteiger partial charge in [-0.15, -0.1) is 11.3 Å². The lowest BCUT2D eigenvalue weighted by Crippen LogP contribution is -2.30. The SMILES string of the molecule is CCC(C)c1ccccc1OCC(=O)NCCCc1nc(-c2ccncc2)cs1. The minimum Gasteiger partial charge on any atom is -0.483 e. The van der Waals surface area contributed by atoms with E-state index in [-0.39, 0.29) is 12.5 Å². The third kappa shape index (κ3) is 6.12. The molecule has 0 fully saturated rings. The molecule has 6 heteroatoms. The molecule has 0 aliphatic heterocycles. The van der Waals surface area contributed by atoms with Gasteiger partial charge in [-0.1, -0.05) is 32.0 Å². The number of para-hydroxylation sites is 1. The van der Waals surface area contributed by atoms with Crippen LogP contribution >= 0.6 is 11.3 Å². The van der Waals surface area contributed by atoms with Crippen LogP contribution in [0.5, 0.6) is 5.75 Å². The molecular formula is C23H27N3O2S. The zero-order chi connectivity index (χ0) is 20.5. The van der Waals surface area contributed by atoms with Crippen LogP contribution in [0.3, 0.4) is 0 Å². The number of carbonyl (C=O) groups is 1. The number of nitrogens with zero attached hydrogens (tertiary/aromatic N) is 2. The molecule has 0 aliphatic carbocycles. The van der Waals surface area contributed by atoms with Crippen LogP contribution in [0.2, 0.25) is 0 Å². The van der Waals surface area contributed by atoms with Gasteiger partial charge in [-0.2, -0.15) is 0 Å². The zero-order valence-electron chi connectivity index (χ0n) is 16.9. The smallest absolute Gasteiger partial charge is 0.257 e. The van der Waals surface area contributed by atoms with Crippen LogP contribution in [0, 0.1) is 0 Å². The molecule has 29 heavy (non-hydrogen) atoms. The molecule has 0 spiro atoms. The molecule has 2 heterocycles. The lowest BCUT2D eigenvalue weighted by atomic mass is 9.98. The summed E-state index contributed by atoms with van der Waals surface area (Å²) in [5.41, 5.74) is 3.20. The van der Waals surface area contributed by atoms with Crippen molar-refractivity contribution in [2.75, 3.05) is 13.2 Å². The molecule has 3 aromatic rings. The molecule has 0 bridgehead atoms. The van der Waals surface area contributed by atoms with Crippen molar-refractivity contribution in [3.63, 3.8) is 0 Å². The van der Waals surface area contributed by atoms with Crippen LogP contribution in [0.25, 0.3) is 11.3 Å². The van der Waals surface area contributed by atoms with Gasteiger partial charge in [-0.05, 0) is 42.5 Å². The van der Waals surface area contributed by atoms with Gasteiger partial charge in [0.25, 0.3) is 5.91 Å². The molecule has 5 nitrogen and oxygen atoms in total. The molecule has 3 rings (SSSR count). The van der Waals surface area contributed by atoms with Gasteiger partial charge < -0.3 is 10.1 Å². The van der Waals surface area contributed by atoms with E-state index in [4.69, 9.17) is 4.74 Å². The Morgan fingerprint density at radius 3 is 2.79 bits per heavy atom. The van der Waals surface area contributed by atoms with Crippen LogP contribution in [-0.4, -0.2) is 29.0 Å². The van der Waals surface area contributed by atoms with Crippen LogP contribution in [-0.2, 0) is 11.2 Å². The standard InChI is InChI=1S/C23H27N3O2S/c1-3-17(2)19-7-4-5-8-21(19)28-15-22(27)25-12-6-9-23-26-20(16-29-23)18-10-13-24-14-11-18/h4-5,7-8,10-11,13-14,16-17H,3,6,9,12,15H2,1-2H3,(H,25,27). The normalized spacial score (nSPS) is 11.8. The fourth-order valence-electron chi connectivity index (χ4n) is 2.98. The minimum atomic E-state index is -0.0967. The molecule has 1 N–H and O–H groups in total. The summed E-state index contributed by atoms with van der Waals surface area (Å²) in [7, 11) is 0. The van der Waals surface area contributed by atoms with E-state index in [0.717, 1.165) is 46.8 Å². The second-order valence-corrected chi connectivity index (χ2v) is 7.89. The average Bonchev–Trinajstić information content (AvgIpc) is 3.24. The van der Waals surface area contributed by atoms with Crippen molar-refractivity contribution in [1.82, 2.24) is 15.3 Å². The lowest BCUT2D eigenvalue weighted by Gasteiger charge is -2.15. The minimum absolute atomic E-state index is 0.0386. The highest BCUT2D eigenvalue weighted by atomic mass is 32.1. The van der Waals surface area contributed by atoms with E-state index >= 15 is 0 Å². The fourth-order valence-corrected chi connectivity index (χ4v) is 3.83. The van der Waals surface area contributed by atoms with Crippen LogP contribution in [0.1, 0.15) is 43.2 Å². The first kappa shape index (κ1) is 21.0. The molecule has 1 aromatic carbocycles. The van der Waals surface area contributed by atoms with Crippen molar-refractivity contribution in [3.8, 4) is 17.0 Å². The number of hydrogen-bond donors (Lipinski definition) is 1. The maximum atomic E-state index is 12.1. The van der Waals surface area contributed by atoms with Crippen molar-refractivity contribution in [2.45, 2.75) is 39.0 Å². The van der Waals surface area contributed by atoms with Gasteiger partial charge in [0.2, 0.25) is 0 Å². The molecular weight excluding hydrogens is 382 g/mol. The number of ether oxygens (including phenoxy) is 1. The number of amides is 1. The van der Waals surface area contributed by atoms with E-state index in [1.165, 1.54) is 0 Å². The van der Waals surface area contributed by atoms with Gasteiger partial charge in [-0.3, -0.25) is 9.78 Å². The Kier molecular flexibility index (Phi) is 7.76. The summed E-state index contributed by atoms with van der Waals surface area (Å²) in [6.45, 7) is 4.97. The van der Waals surface area contributed by atoms with E-state index in [1.807, 2.05) is 30.3 Å². The van der Waals surface area contributed by atoms with Crippen molar-refractivity contribution in [1.29, 1.82) is 0 Å². The van der Waals surface area contributed by atoms with Crippen molar-refractivity contribution < 1.29 is 9.53 Å². The number of thiazole rings is 1. The number of aryl methyl sites for hydroxylation is 1.